The largest absolute Gasteiger partial charge is 0.478 e. The summed E-state index contributed by atoms with van der Waals surface area (Å²) in [5, 5.41) is 9.18. The molecule has 0 aromatic heterocycles. The summed E-state index contributed by atoms with van der Waals surface area (Å²) in [6.45, 7) is 7.57. The van der Waals surface area contributed by atoms with Crippen molar-refractivity contribution in [3.63, 3.8) is 0 Å². The summed E-state index contributed by atoms with van der Waals surface area (Å²) in [5.41, 5.74) is 1.91. The lowest BCUT2D eigenvalue weighted by atomic mass is 9.72. The number of aromatic carboxylic acids is 1. The Morgan fingerprint density at radius 2 is 1.75 bits per heavy atom. The molecular weight excluding hydrogens is 581 g/mol. The van der Waals surface area contributed by atoms with Crippen LogP contribution in [-0.4, -0.2) is 34.7 Å². The third kappa shape index (κ3) is 6.34. The van der Waals surface area contributed by atoms with Crippen molar-refractivity contribution in [2.45, 2.75) is 65.3 Å². The highest BCUT2D eigenvalue weighted by atomic mass is 19.4. The number of benzene rings is 3. The fraction of sp³-hybridized carbons (Fsp3) is 0.353. The first-order valence-corrected chi connectivity index (χ1v) is 14.2. The molecule has 1 N–H and O–H groups in total. The molecule has 1 amide bonds. The first kappa shape index (κ1) is 31.2. The van der Waals surface area contributed by atoms with Gasteiger partial charge in [-0.1, -0.05) is 31.5 Å². The molecule has 2 atom stereocenters. The second-order valence-corrected chi connectivity index (χ2v) is 12.5. The highest BCUT2D eigenvalue weighted by Crippen LogP contribution is 2.45. The Labute approximate surface area is 252 Å². The van der Waals surface area contributed by atoms with Gasteiger partial charge in [0.15, 0.2) is 0 Å². The van der Waals surface area contributed by atoms with Crippen molar-refractivity contribution in [3.05, 3.63) is 99.6 Å². The van der Waals surface area contributed by atoms with Crippen molar-refractivity contribution in [1.29, 1.82) is 0 Å². The van der Waals surface area contributed by atoms with Gasteiger partial charge in [-0.15, -0.1) is 0 Å². The van der Waals surface area contributed by atoms with Crippen LogP contribution < -0.4 is 0 Å². The summed E-state index contributed by atoms with van der Waals surface area (Å²) in [5.74, 6) is -2.69. The van der Waals surface area contributed by atoms with Crippen LogP contribution in [0.2, 0.25) is 0 Å². The van der Waals surface area contributed by atoms with Crippen molar-refractivity contribution in [1.82, 2.24) is 4.90 Å². The molecular formula is C34H32F5NO4. The van der Waals surface area contributed by atoms with E-state index in [4.69, 9.17) is 4.74 Å². The zero-order valence-electron chi connectivity index (χ0n) is 24.7. The second kappa shape index (κ2) is 11.4. The molecule has 0 unspecified atom stereocenters. The van der Waals surface area contributed by atoms with E-state index in [0.29, 0.717) is 24.0 Å². The van der Waals surface area contributed by atoms with Crippen LogP contribution in [0.3, 0.4) is 0 Å². The SMILES string of the molecule is Cc1cc([C@H]2OC(=O)N(CC3=C(c4cc(F)cc(-c5ccc(C(=O)O)cc5F)c4)CCC(C)(C)C3)[C@H]2C)cc(C(F)(F)F)c1. The highest BCUT2D eigenvalue weighted by molar-refractivity contribution is 5.88. The van der Waals surface area contributed by atoms with E-state index in [2.05, 4.69) is 13.8 Å². The maximum Gasteiger partial charge on any atom is 0.416 e. The van der Waals surface area contributed by atoms with Gasteiger partial charge in [0.25, 0.3) is 0 Å². The normalized spacial score (nSPS) is 20.2. The van der Waals surface area contributed by atoms with E-state index in [-0.39, 0.29) is 34.2 Å². The number of allylic oxidation sites excluding steroid dienone is 1. The van der Waals surface area contributed by atoms with Crippen LogP contribution in [0.4, 0.5) is 26.7 Å². The summed E-state index contributed by atoms with van der Waals surface area (Å²) >= 11 is 0. The summed E-state index contributed by atoms with van der Waals surface area (Å²) in [6.07, 6.45) is -4.23. The number of halogens is 5. The van der Waals surface area contributed by atoms with Gasteiger partial charge in [-0.2, -0.15) is 13.2 Å². The molecule has 1 aliphatic heterocycles. The lowest BCUT2D eigenvalue weighted by Crippen LogP contribution is -2.35. The zero-order chi connectivity index (χ0) is 32.1. The summed E-state index contributed by atoms with van der Waals surface area (Å²) < 4.78 is 76.1. The smallest absolute Gasteiger partial charge is 0.416 e. The molecule has 1 saturated heterocycles. The van der Waals surface area contributed by atoms with Gasteiger partial charge in [-0.25, -0.2) is 18.4 Å². The summed E-state index contributed by atoms with van der Waals surface area (Å²) in [6, 6.07) is 10.7. The Bertz CT molecular complexity index is 1680. The minimum Gasteiger partial charge on any atom is -0.478 e. The van der Waals surface area contributed by atoms with Crippen LogP contribution in [0.1, 0.15) is 78.7 Å². The fourth-order valence-electron chi connectivity index (χ4n) is 6.22. The van der Waals surface area contributed by atoms with Crippen LogP contribution in [0.15, 0.2) is 60.2 Å². The lowest BCUT2D eigenvalue weighted by molar-refractivity contribution is -0.137. The van der Waals surface area contributed by atoms with Crippen LogP contribution in [0.5, 0.6) is 0 Å². The second-order valence-electron chi connectivity index (χ2n) is 12.5. The Kier molecular flexibility index (Phi) is 8.07. The van der Waals surface area contributed by atoms with Crippen molar-refractivity contribution in [2.24, 2.45) is 5.41 Å². The number of amides is 1. The number of carboxylic acids is 1. The Morgan fingerprint density at radius 3 is 2.41 bits per heavy atom. The van der Waals surface area contributed by atoms with Crippen LogP contribution in [-0.2, 0) is 10.9 Å². The molecule has 3 aromatic rings. The van der Waals surface area contributed by atoms with E-state index in [0.717, 1.165) is 35.8 Å². The molecule has 10 heteroatoms. The molecule has 2 aliphatic rings. The molecule has 44 heavy (non-hydrogen) atoms. The van der Waals surface area contributed by atoms with Crippen LogP contribution in [0.25, 0.3) is 16.7 Å². The number of alkyl halides is 3. The van der Waals surface area contributed by atoms with E-state index in [1.54, 1.807) is 26.0 Å². The number of carbonyl (C=O) groups excluding carboxylic acids is 1. The molecule has 5 rings (SSSR count). The number of carbonyl (C=O) groups is 2. The van der Waals surface area contributed by atoms with Gasteiger partial charge >= 0.3 is 18.2 Å². The molecule has 0 saturated carbocycles. The number of hydrogen-bond acceptors (Lipinski definition) is 3. The van der Waals surface area contributed by atoms with Crippen LogP contribution in [0, 0.1) is 24.0 Å². The van der Waals surface area contributed by atoms with Gasteiger partial charge in [0.05, 0.1) is 17.2 Å². The Balaban J connectivity index is 1.51. The van der Waals surface area contributed by atoms with Gasteiger partial charge in [0.2, 0.25) is 0 Å². The lowest BCUT2D eigenvalue weighted by Gasteiger charge is -2.35. The van der Waals surface area contributed by atoms with Gasteiger partial charge in [-0.05, 0) is 109 Å². The molecule has 1 aliphatic carbocycles. The minimum absolute atomic E-state index is 0.0463. The van der Waals surface area contributed by atoms with Crippen molar-refractivity contribution < 1.29 is 41.4 Å². The molecule has 1 heterocycles. The predicted molar refractivity (Wildman–Crippen MR) is 155 cm³/mol. The maximum absolute atomic E-state index is 15.0. The van der Waals surface area contributed by atoms with Crippen molar-refractivity contribution in [2.75, 3.05) is 6.54 Å². The first-order chi connectivity index (χ1) is 20.5. The van der Waals surface area contributed by atoms with Crippen LogP contribution >= 0.6 is 0 Å². The number of nitrogens with zero attached hydrogens (tertiary/aromatic N) is 1. The van der Waals surface area contributed by atoms with Crippen molar-refractivity contribution >= 4 is 17.6 Å². The summed E-state index contributed by atoms with van der Waals surface area (Å²) in [7, 11) is 0. The highest BCUT2D eigenvalue weighted by Gasteiger charge is 2.42. The predicted octanol–water partition coefficient (Wildman–Crippen LogP) is 9.20. The quantitative estimate of drug-likeness (QED) is 0.282. The molecule has 0 radical (unpaired) electrons. The first-order valence-electron chi connectivity index (χ1n) is 14.2. The molecule has 232 valence electrons. The van der Waals surface area contributed by atoms with Gasteiger partial charge < -0.3 is 9.84 Å². The molecule has 0 spiro atoms. The van der Waals surface area contributed by atoms with Gasteiger partial charge in [0.1, 0.15) is 17.7 Å². The third-order valence-electron chi connectivity index (χ3n) is 8.45. The number of cyclic esters (lactones) is 1. The molecule has 0 bridgehead atoms. The number of rotatable bonds is 6. The van der Waals surface area contributed by atoms with E-state index < -0.39 is 47.6 Å². The molecule has 1 fully saturated rings. The maximum atomic E-state index is 15.0. The summed E-state index contributed by atoms with van der Waals surface area (Å²) in [4.78, 5) is 25.9. The number of hydrogen-bond donors (Lipinski definition) is 1. The standard InChI is InChI=1S/C34H32F5NO4/c1-18-9-23(12-25(10-18)34(37,38)39)30-19(2)40(32(43)44-30)17-24-16-33(3,4)8-7-27(24)21-11-22(14-26(35)13-21)28-6-5-20(31(41)42)15-29(28)36/h5-6,9-15,19,30H,7-8,16-17H2,1-4H3,(H,41,42)/t19-,30-/m0/s1. The molecule has 3 aromatic carbocycles. The van der Waals surface area contributed by atoms with Gasteiger partial charge in [0, 0.05) is 12.1 Å². The topological polar surface area (TPSA) is 66.8 Å². The van der Waals surface area contributed by atoms with E-state index in [9.17, 15) is 36.6 Å². The monoisotopic (exact) mass is 613 g/mol. The third-order valence-corrected chi connectivity index (χ3v) is 8.45. The number of carboxylic acid groups (broad SMARTS) is 1. The number of aryl methyl sites for hydroxylation is 1. The average Bonchev–Trinajstić information content (AvgIpc) is 3.20. The van der Waals surface area contributed by atoms with E-state index in [1.807, 2.05) is 0 Å². The zero-order valence-corrected chi connectivity index (χ0v) is 24.7. The average molecular weight is 614 g/mol. The Morgan fingerprint density at radius 1 is 1.05 bits per heavy atom. The fourth-order valence-corrected chi connectivity index (χ4v) is 6.22. The Hall–Kier alpha value is -4.21. The van der Waals surface area contributed by atoms with E-state index >= 15 is 0 Å². The number of ether oxygens (including phenoxy) is 1. The van der Waals surface area contributed by atoms with E-state index in [1.165, 1.54) is 29.2 Å². The van der Waals surface area contributed by atoms with Crippen molar-refractivity contribution in [3.8, 4) is 11.1 Å². The van der Waals surface area contributed by atoms with Gasteiger partial charge in [-0.3, -0.25) is 4.90 Å². The molecule has 5 nitrogen and oxygen atoms in total. The minimum atomic E-state index is -4.55.